The monoisotopic (exact) mass is 485 g/mol. The molecular weight excluding hydrogens is 471 g/mol. The lowest BCUT2D eigenvalue weighted by molar-refractivity contribution is -0.382. The molecule has 2 heterocycles. The molecule has 0 saturated carbocycles. The lowest BCUT2D eigenvalue weighted by atomic mass is 10.1. The van der Waals surface area contributed by atoms with Gasteiger partial charge in [-0.3, -0.25) is 14.9 Å². The fourth-order valence-electron chi connectivity index (χ4n) is 3.44. The van der Waals surface area contributed by atoms with Gasteiger partial charge in [0.25, 0.3) is 11.6 Å². The summed E-state index contributed by atoms with van der Waals surface area (Å²) in [4.78, 5) is 25.5. The fraction of sp³-hybridized carbons (Fsp3) is 0.250. The number of hydrogen-bond acceptors (Lipinski definition) is 6. The summed E-state index contributed by atoms with van der Waals surface area (Å²) in [7, 11) is 0. The van der Waals surface area contributed by atoms with Crippen molar-refractivity contribution < 1.29 is 27.6 Å². The Morgan fingerprint density at radius 1 is 1.22 bits per heavy atom. The fourth-order valence-corrected chi connectivity index (χ4v) is 4.93. The van der Waals surface area contributed by atoms with Gasteiger partial charge in [-0.25, -0.2) is 0 Å². The first-order chi connectivity index (χ1) is 15.2. The molecule has 1 aliphatic heterocycles. The van der Waals surface area contributed by atoms with Crippen molar-refractivity contribution in [1.29, 1.82) is 0 Å². The number of thiophene rings is 1. The molecule has 1 aromatic heterocycles. The van der Waals surface area contributed by atoms with Crippen LogP contribution in [0.4, 0.5) is 30.2 Å². The van der Waals surface area contributed by atoms with E-state index in [-0.39, 0.29) is 26.0 Å². The van der Waals surface area contributed by atoms with Gasteiger partial charge in [0.2, 0.25) is 0 Å². The molecule has 4 rings (SSSR count). The standard InChI is InChI=1S/C20H15ClF3N3O4S/c21-16-12-2-1-3-15(27(29)30)17(12)32-18(16)19(28)25-13-10-11(20(22,23)24)4-5-14(13)26-6-8-31-9-7-26/h1-5,10H,6-9H2,(H,25,28). The van der Waals surface area contributed by atoms with Crippen LogP contribution in [0.1, 0.15) is 15.2 Å². The van der Waals surface area contributed by atoms with Crippen molar-refractivity contribution in [3.05, 3.63) is 62.0 Å². The summed E-state index contributed by atoms with van der Waals surface area (Å²) in [5, 5.41) is 14.1. The highest BCUT2D eigenvalue weighted by atomic mass is 35.5. The second kappa shape index (κ2) is 8.57. The molecule has 2 aromatic carbocycles. The highest BCUT2D eigenvalue weighted by molar-refractivity contribution is 7.22. The van der Waals surface area contributed by atoms with Gasteiger partial charge >= 0.3 is 6.18 Å². The average Bonchev–Trinajstić information content (AvgIpc) is 3.10. The third kappa shape index (κ3) is 4.23. The number of alkyl halides is 3. The van der Waals surface area contributed by atoms with E-state index in [2.05, 4.69) is 5.32 Å². The van der Waals surface area contributed by atoms with Crippen LogP contribution >= 0.6 is 22.9 Å². The molecule has 0 spiro atoms. The zero-order chi connectivity index (χ0) is 23.0. The van der Waals surface area contributed by atoms with Crippen LogP contribution in [-0.2, 0) is 10.9 Å². The number of fused-ring (bicyclic) bond motifs is 1. The Kier molecular flexibility index (Phi) is 5.97. The molecule has 0 bridgehead atoms. The van der Waals surface area contributed by atoms with Crippen molar-refractivity contribution in [3.63, 3.8) is 0 Å². The van der Waals surface area contributed by atoms with Crippen molar-refractivity contribution in [3.8, 4) is 0 Å². The molecule has 32 heavy (non-hydrogen) atoms. The Balaban J connectivity index is 1.74. The SMILES string of the molecule is O=C(Nc1cc(C(F)(F)F)ccc1N1CCOCC1)c1sc2c([N+](=O)[O-])cccc2c1Cl. The zero-order valence-corrected chi connectivity index (χ0v) is 17.8. The Hall–Kier alpha value is -2.89. The van der Waals surface area contributed by atoms with Crippen molar-refractivity contribution >= 4 is 56.0 Å². The van der Waals surface area contributed by atoms with E-state index in [4.69, 9.17) is 16.3 Å². The number of anilines is 2. The van der Waals surface area contributed by atoms with Crippen LogP contribution in [0.3, 0.4) is 0 Å². The first-order valence-corrected chi connectivity index (χ1v) is 10.6. The number of morpholine rings is 1. The van der Waals surface area contributed by atoms with Crippen LogP contribution in [0.2, 0.25) is 5.02 Å². The minimum absolute atomic E-state index is 0.00565. The minimum atomic E-state index is -4.60. The van der Waals surface area contributed by atoms with Crippen LogP contribution in [0, 0.1) is 10.1 Å². The van der Waals surface area contributed by atoms with E-state index in [1.807, 2.05) is 4.90 Å². The highest BCUT2D eigenvalue weighted by Crippen LogP contribution is 2.41. The molecule has 12 heteroatoms. The van der Waals surface area contributed by atoms with Crippen LogP contribution in [0.25, 0.3) is 10.1 Å². The maximum absolute atomic E-state index is 13.3. The number of non-ortho nitro benzene ring substituents is 1. The molecule has 168 valence electrons. The number of nitro groups is 1. The zero-order valence-electron chi connectivity index (χ0n) is 16.2. The van der Waals surface area contributed by atoms with Gasteiger partial charge in [0.05, 0.1) is 40.1 Å². The van der Waals surface area contributed by atoms with Gasteiger partial charge in [-0.15, -0.1) is 11.3 Å². The number of hydrogen-bond donors (Lipinski definition) is 1. The maximum Gasteiger partial charge on any atom is 0.416 e. The largest absolute Gasteiger partial charge is 0.416 e. The summed E-state index contributed by atoms with van der Waals surface area (Å²) in [5.41, 5.74) is -0.739. The number of benzene rings is 2. The highest BCUT2D eigenvalue weighted by Gasteiger charge is 2.32. The Bertz CT molecular complexity index is 1210. The van der Waals surface area contributed by atoms with E-state index in [1.165, 1.54) is 18.2 Å². The second-order valence-corrected chi connectivity index (χ2v) is 8.34. The van der Waals surface area contributed by atoms with Crippen molar-refractivity contribution in [1.82, 2.24) is 0 Å². The third-order valence-electron chi connectivity index (χ3n) is 4.96. The van der Waals surface area contributed by atoms with Crippen molar-refractivity contribution in [2.75, 3.05) is 36.5 Å². The van der Waals surface area contributed by atoms with Crippen LogP contribution < -0.4 is 10.2 Å². The van der Waals surface area contributed by atoms with E-state index < -0.39 is 22.6 Å². The Labute approximate surface area is 188 Å². The molecular formula is C20H15ClF3N3O4S. The third-order valence-corrected chi connectivity index (χ3v) is 6.69. The number of amides is 1. The number of halogens is 4. The Morgan fingerprint density at radius 3 is 2.59 bits per heavy atom. The number of nitrogens with one attached hydrogen (secondary N) is 1. The van der Waals surface area contributed by atoms with Gasteiger partial charge in [0, 0.05) is 24.5 Å². The lowest BCUT2D eigenvalue weighted by Gasteiger charge is -2.31. The van der Waals surface area contributed by atoms with E-state index in [1.54, 1.807) is 6.07 Å². The summed E-state index contributed by atoms with van der Waals surface area (Å²) in [6.07, 6.45) is -4.60. The van der Waals surface area contributed by atoms with E-state index in [0.717, 1.165) is 23.5 Å². The average molecular weight is 486 g/mol. The number of carbonyl (C=O) groups excluding carboxylic acids is 1. The quantitative estimate of drug-likeness (QED) is 0.386. The predicted molar refractivity (Wildman–Crippen MR) is 116 cm³/mol. The van der Waals surface area contributed by atoms with Gasteiger partial charge < -0.3 is 15.0 Å². The lowest BCUT2D eigenvalue weighted by Crippen LogP contribution is -2.36. The summed E-state index contributed by atoms with van der Waals surface area (Å²) in [6, 6.07) is 7.41. The second-order valence-electron chi connectivity index (χ2n) is 6.94. The summed E-state index contributed by atoms with van der Waals surface area (Å²) in [5.74, 6) is -0.751. The molecule has 1 N–H and O–H groups in total. The first-order valence-electron chi connectivity index (χ1n) is 9.37. The van der Waals surface area contributed by atoms with Gasteiger partial charge in [-0.05, 0) is 18.2 Å². The molecule has 1 aliphatic rings. The number of ether oxygens (including phenoxy) is 1. The molecule has 3 aromatic rings. The summed E-state index contributed by atoms with van der Waals surface area (Å²) < 4.78 is 45.4. The molecule has 7 nitrogen and oxygen atoms in total. The van der Waals surface area contributed by atoms with E-state index >= 15 is 0 Å². The van der Waals surface area contributed by atoms with Crippen LogP contribution in [-0.4, -0.2) is 37.1 Å². The first kappa shape index (κ1) is 22.3. The predicted octanol–water partition coefficient (Wildman–Crippen LogP) is 5.57. The molecule has 1 amide bonds. The smallest absolute Gasteiger partial charge is 0.378 e. The van der Waals surface area contributed by atoms with Gasteiger partial charge in [-0.2, -0.15) is 13.2 Å². The van der Waals surface area contributed by atoms with E-state index in [0.29, 0.717) is 37.4 Å². The van der Waals surface area contributed by atoms with Gasteiger partial charge in [-0.1, -0.05) is 23.7 Å². The number of nitro benzene ring substituents is 1. The molecule has 0 radical (unpaired) electrons. The normalized spacial score (nSPS) is 14.6. The summed E-state index contributed by atoms with van der Waals surface area (Å²) in [6.45, 7) is 1.70. The van der Waals surface area contributed by atoms with E-state index in [9.17, 15) is 28.1 Å². The van der Waals surface area contributed by atoms with Crippen LogP contribution in [0.5, 0.6) is 0 Å². The summed E-state index contributed by atoms with van der Waals surface area (Å²) >= 11 is 7.12. The Morgan fingerprint density at radius 2 is 1.94 bits per heavy atom. The minimum Gasteiger partial charge on any atom is -0.378 e. The number of nitrogens with zero attached hydrogens (tertiary/aromatic N) is 2. The number of carbonyl (C=O) groups is 1. The molecule has 1 fully saturated rings. The topological polar surface area (TPSA) is 84.7 Å². The van der Waals surface area contributed by atoms with Crippen LogP contribution in [0.15, 0.2) is 36.4 Å². The number of rotatable bonds is 4. The van der Waals surface area contributed by atoms with Crippen molar-refractivity contribution in [2.24, 2.45) is 0 Å². The molecule has 0 unspecified atom stereocenters. The molecule has 0 atom stereocenters. The molecule has 1 saturated heterocycles. The molecule has 0 aliphatic carbocycles. The maximum atomic E-state index is 13.3. The van der Waals surface area contributed by atoms with Gasteiger partial charge in [0.15, 0.2) is 0 Å². The van der Waals surface area contributed by atoms with Crippen molar-refractivity contribution in [2.45, 2.75) is 6.18 Å². The van der Waals surface area contributed by atoms with Gasteiger partial charge in [0.1, 0.15) is 9.58 Å².